The van der Waals surface area contributed by atoms with Crippen LogP contribution in [0.25, 0.3) is 0 Å². The van der Waals surface area contributed by atoms with Crippen LogP contribution < -0.4 is 5.32 Å². The van der Waals surface area contributed by atoms with Gasteiger partial charge in [0, 0.05) is 20.6 Å². The molecule has 0 saturated heterocycles. The van der Waals surface area contributed by atoms with Crippen LogP contribution >= 0.6 is 0 Å². The monoisotopic (exact) mass is 128 g/mol. The first-order chi connectivity index (χ1) is 4.18. The Morgan fingerprint density at radius 3 is 2.56 bits per heavy atom. The van der Waals surface area contributed by atoms with Gasteiger partial charge in [-0.05, 0) is 6.42 Å². The van der Waals surface area contributed by atoms with Crippen molar-refractivity contribution in [1.82, 2.24) is 10.2 Å². The van der Waals surface area contributed by atoms with Crippen LogP contribution in [-0.2, 0) is 0 Å². The second-order valence-electron chi connectivity index (χ2n) is 2.02. The molecule has 3 heteroatoms. The molecule has 53 valence electrons. The lowest BCUT2D eigenvalue weighted by molar-refractivity contribution is 0.580. The van der Waals surface area contributed by atoms with E-state index in [4.69, 9.17) is 5.41 Å². The first-order valence-corrected chi connectivity index (χ1v) is 2.97. The van der Waals surface area contributed by atoms with Gasteiger partial charge in [0.15, 0.2) is 5.96 Å². The van der Waals surface area contributed by atoms with Crippen LogP contribution in [0.15, 0.2) is 0 Å². The minimum atomic E-state index is 0.443. The van der Waals surface area contributed by atoms with Crippen molar-refractivity contribution in [3.8, 4) is 0 Å². The Morgan fingerprint density at radius 1 is 1.67 bits per heavy atom. The van der Waals surface area contributed by atoms with E-state index in [0.717, 1.165) is 13.0 Å². The van der Waals surface area contributed by atoms with E-state index in [0.29, 0.717) is 5.96 Å². The third-order valence-corrected chi connectivity index (χ3v) is 0.916. The highest BCUT2D eigenvalue weighted by Crippen LogP contribution is 1.74. The quantitative estimate of drug-likeness (QED) is 0.414. The highest BCUT2D eigenvalue weighted by atomic mass is 15.2. The molecule has 0 aliphatic carbocycles. The maximum Gasteiger partial charge on any atom is 0.190 e. The third kappa shape index (κ3) is 3.82. The van der Waals surface area contributed by atoms with Crippen LogP contribution in [0.4, 0.5) is 0 Å². The van der Waals surface area contributed by atoms with E-state index in [9.17, 15) is 0 Å². The summed E-state index contributed by atoms with van der Waals surface area (Å²) in [6.07, 6.45) is 0.816. The molecule has 0 fully saturated rings. The Labute approximate surface area is 56.6 Å². The van der Waals surface area contributed by atoms with Crippen molar-refractivity contribution < 1.29 is 0 Å². The second-order valence-corrected chi connectivity index (χ2v) is 2.02. The summed E-state index contributed by atoms with van der Waals surface area (Å²) in [5, 5.41) is 10.1. The van der Waals surface area contributed by atoms with Gasteiger partial charge in [0.05, 0.1) is 0 Å². The summed E-state index contributed by atoms with van der Waals surface area (Å²) in [5.74, 6) is 0.443. The van der Waals surface area contributed by atoms with E-state index in [1.807, 2.05) is 14.1 Å². The van der Waals surface area contributed by atoms with Crippen molar-refractivity contribution in [3.05, 3.63) is 6.92 Å². The van der Waals surface area contributed by atoms with Crippen LogP contribution in [0, 0.1) is 12.3 Å². The maximum atomic E-state index is 7.23. The number of nitrogens with one attached hydrogen (secondary N) is 2. The van der Waals surface area contributed by atoms with Crippen LogP contribution in [0.3, 0.4) is 0 Å². The fourth-order valence-electron chi connectivity index (χ4n) is 0.365. The van der Waals surface area contributed by atoms with Gasteiger partial charge in [0.2, 0.25) is 0 Å². The van der Waals surface area contributed by atoms with Crippen molar-refractivity contribution in [2.45, 2.75) is 6.42 Å². The van der Waals surface area contributed by atoms with Gasteiger partial charge >= 0.3 is 0 Å². The van der Waals surface area contributed by atoms with E-state index in [1.54, 1.807) is 4.90 Å². The molecule has 0 aromatic heterocycles. The Bertz CT molecular complexity index is 88.3. The van der Waals surface area contributed by atoms with Gasteiger partial charge in [-0.3, -0.25) is 5.41 Å². The average Bonchev–Trinajstić information content (AvgIpc) is 1.82. The molecule has 0 heterocycles. The molecule has 0 atom stereocenters. The molecule has 3 nitrogen and oxygen atoms in total. The highest BCUT2D eigenvalue weighted by molar-refractivity contribution is 5.75. The van der Waals surface area contributed by atoms with Crippen LogP contribution in [0.5, 0.6) is 0 Å². The van der Waals surface area contributed by atoms with E-state index in [2.05, 4.69) is 12.2 Å². The smallest absolute Gasteiger partial charge is 0.190 e. The van der Waals surface area contributed by atoms with E-state index >= 15 is 0 Å². The molecule has 2 N–H and O–H groups in total. The summed E-state index contributed by atoms with van der Waals surface area (Å²) in [5.41, 5.74) is 0. The fourth-order valence-corrected chi connectivity index (χ4v) is 0.365. The summed E-state index contributed by atoms with van der Waals surface area (Å²) in [4.78, 5) is 1.72. The van der Waals surface area contributed by atoms with Gasteiger partial charge in [-0.1, -0.05) is 6.92 Å². The molecular formula is C6H14N3. The van der Waals surface area contributed by atoms with Crippen molar-refractivity contribution in [2.24, 2.45) is 0 Å². The van der Waals surface area contributed by atoms with E-state index in [1.165, 1.54) is 0 Å². The second kappa shape index (κ2) is 4.18. The first kappa shape index (κ1) is 8.27. The number of guanidine groups is 1. The minimum absolute atomic E-state index is 0.443. The molecule has 0 aliphatic heterocycles. The fraction of sp³-hybridized carbons (Fsp3) is 0.667. The van der Waals surface area contributed by atoms with Gasteiger partial charge in [-0.2, -0.15) is 0 Å². The largest absolute Gasteiger partial charge is 0.356 e. The lowest BCUT2D eigenvalue weighted by atomic mass is 10.5. The molecule has 0 bridgehead atoms. The number of hydrogen-bond donors (Lipinski definition) is 2. The molecule has 0 aromatic carbocycles. The molecule has 0 saturated carbocycles. The Balaban J connectivity index is 3.28. The zero-order valence-electron chi connectivity index (χ0n) is 6.07. The highest BCUT2D eigenvalue weighted by Gasteiger charge is 1.93. The number of rotatable bonds is 2. The topological polar surface area (TPSA) is 39.1 Å². The Morgan fingerprint density at radius 2 is 2.22 bits per heavy atom. The molecule has 0 aliphatic rings. The summed E-state index contributed by atoms with van der Waals surface area (Å²) in [6, 6.07) is 0. The molecule has 0 spiro atoms. The van der Waals surface area contributed by atoms with Crippen molar-refractivity contribution in [1.29, 1.82) is 5.41 Å². The van der Waals surface area contributed by atoms with Gasteiger partial charge in [0.25, 0.3) is 0 Å². The normalized spacial score (nSPS) is 8.78. The average molecular weight is 128 g/mol. The van der Waals surface area contributed by atoms with Gasteiger partial charge in [-0.15, -0.1) is 0 Å². The van der Waals surface area contributed by atoms with Crippen molar-refractivity contribution >= 4 is 5.96 Å². The summed E-state index contributed by atoms with van der Waals surface area (Å²) in [7, 11) is 3.66. The van der Waals surface area contributed by atoms with E-state index in [-0.39, 0.29) is 0 Å². The predicted molar refractivity (Wildman–Crippen MR) is 39.4 cm³/mol. The zero-order valence-corrected chi connectivity index (χ0v) is 6.07. The van der Waals surface area contributed by atoms with E-state index < -0.39 is 0 Å². The maximum absolute atomic E-state index is 7.23. The molecule has 9 heavy (non-hydrogen) atoms. The van der Waals surface area contributed by atoms with Gasteiger partial charge < -0.3 is 10.2 Å². The molecule has 0 unspecified atom stereocenters. The van der Waals surface area contributed by atoms with Crippen LogP contribution in [0.2, 0.25) is 0 Å². The first-order valence-electron chi connectivity index (χ1n) is 2.97. The molecule has 0 amide bonds. The number of hydrogen-bond acceptors (Lipinski definition) is 1. The zero-order chi connectivity index (χ0) is 7.28. The SMILES string of the molecule is [CH2]CCNC(=N)N(C)C. The molecule has 0 rings (SSSR count). The predicted octanol–water partition coefficient (Wildman–Crippen LogP) is 0.297. The number of nitrogens with zero attached hydrogens (tertiary/aromatic N) is 1. The van der Waals surface area contributed by atoms with Gasteiger partial charge in [-0.25, -0.2) is 0 Å². The standard InChI is InChI=1S/C6H14N3/c1-4-5-8-6(7)9(2)3/h1,4-5H2,2-3H3,(H2,7,8). The molecular weight excluding hydrogens is 114 g/mol. The summed E-state index contributed by atoms with van der Waals surface area (Å²) >= 11 is 0. The Hall–Kier alpha value is -0.730. The van der Waals surface area contributed by atoms with Crippen molar-refractivity contribution in [2.75, 3.05) is 20.6 Å². The van der Waals surface area contributed by atoms with Crippen LogP contribution in [-0.4, -0.2) is 31.5 Å². The minimum Gasteiger partial charge on any atom is -0.356 e. The molecule has 1 radical (unpaired) electrons. The summed E-state index contributed by atoms with van der Waals surface area (Å²) < 4.78 is 0. The van der Waals surface area contributed by atoms with Crippen LogP contribution in [0.1, 0.15) is 6.42 Å². The Kier molecular flexibility index (Phi) is 3.84. The van der Waals surface area contributed by atoms with Gasteiger partial charge in [0.1, 0.15) is 0 Å². The third-order valence-electron chi connectivity index (χ3n) is 0.916. The molecule has 0 aromatic rings. The lowest BCUT2D eigenvalue weighted by Crippen LogP contribution is -2.35. The van der Waals surface area contributed by atoms with Crippen molar-refractivity contribution in [3.63, 3.8) is 0 Å². The lowest BCUT2D eigenvalue weighted by Gasteiger charge is -2.13. The summed E-state index contributed by atoms with van der Waals surface area (Å²) in [6.45, 7) is 4.41.